The average Bonchev–Trinajstić information content (AvgIpc) is 2.40. The first kappa shape index (κ1) is 15.1. The van der Waals surface area contributed by atoms with Crippen molar-refractivity contribution in [3.8, 4) is 0 Å². The van der Waals surface area contributed by atoms with E-state index in [4.69, 9.17) is 35.4 Å². The van der Waals surface area contributed by atoms with Crippen molar-refractivity contribution in [2.24, 2.45) is 0 Å². The molecule has 2 aromatic carbocycles. The zero-order chi connectivity index (χ0) is 14.7. The maximum atomic E-state index is 6.11. The van der Waals surface area contributed by atoms with Crippen LogP contribution in [0.4, 0.5) is 11.4 Å². The molecule has 0 aliphatic carbocycles. The Morgan fingerprint density at radius 1 is 0.950 bits per heavy atom. The van der Waals surface area contributed by atoms with Crippen molar-refractivity contribution in [1.82, 2.24) is 0 Å². The van der Waals surface area contributed by atoms with Crippen LogP contribution in [0.15, 0.2) is 36.4 Å². The summed E-state index contributed by atoms with van der Waals surface area (Å²) in [4.78, 5) is 0. The molecule has 0 fully saturated rings. The number of benzene rings is 2. The third-order valence-electron chi connectivity index (χ3n) is 3.05. The zero-order valence-corrected chi connectivity index (χ0v) is 13.5. The Hall–Kier alpha value is -1.29. The van der Waals surface area contributed by atoms with E-state index in [-0.39, 0.29) is 0 Å². The van der Waals surface area contributed by atoms with Gasteiger partial charge in [-0.2, -0.15) is 0 Å². The normalized spacial score (nSPS) is 10.2. The van der Waals surface area contributed by atoms with Crippen LogP contribution < -0.4 is 10.6 Å². The smallest absolute Gasteiger partial charge is 0.175 e. The van der Waals surface area contributed by atoms with E-state index in [1.807, 2.05) is 31.2 Å². The van der Waals surface area contributed by atoms with Gasteiger partial charge in [0.15, 0.2) is 5.11 Å². The standard InChI is InChI=1S/C15H14Cl2N2S/c1-9-5-3-7-12(10(9)2)18-15(20)19-13-8-4-6-11(16)14(13)17/h3-8H,1-2H3,(H2,18,19,20). The molecule has 2 aromatic rings. The second-order valence-electron chi connectivity index (χ2n) is 4.43. The largest absolute Gasteiger partial charge is 0.332 e. The van der Waals surface area contributed by atoms with E-state index >= 15 is 0 Å². The average molecular weight is 325 g/mol. The molecule has 2 N–H and O–H groups in total. The predicted octanol–water partition coefficient (Wildman–Crippen LogP) is 5.42. The third-order valence-corrected chi connectivity index (χ3v) is 4.08. The van der Waals surface area contributed by atoms with Crippen LogP contribution in [0.2, 0.25) is 10.0 Å². The lowest BCUT2D eigenvalue weighted by molar-refractivity contribution is 1.34. The number of hydrogen-bond donors (Lipinski definition) is 2. The molecule has 0 bridgehead atoms. The molecule has 0 radical (unpaired) electrons. The monoisotopic (exact) mass is 324 g/mol. The van der Waals surface area contributed by atoms with E-state index in [2.05, 4.69) is 23.6 Å². The molecule has 2 nitrogen and oxygen atoms in total. The summed E-state index contributed by atoms with van der Waals surface area (Å²) in [7, 11) is 0. The first-order chi connectivity index (χ1) is 9.49. The minimum Gasteiger partial charge on any atom is -0.332 e. The van der Waals surface area contributed by atoms with Crippen molar-refractivity contribution in [1.29, 1.82) is 0 Å². The van der Waals surface area contributed by atoms with Crippen LogP contribution in [0.3, 0.4) is 0 Å². The van der Waals surface area contributed by atoms with Gasteiger partial charge in [-0.05, 0) is 55.4 Å². The van der Waals surface area contributed by atoms with Gasteiger partial charge in [0.2, 0.25) is 0 Å². The van der Waals surface area contributed by atoms with Gasteiger partial charge in [-0.1, -0.05) is 41.4 Å². The number of thiocarbonyl (C=S) groups is 1. The van der Waals surface area contributed by atoms with Gasteiger partial charge in [-0.15, -0.1) is 0 Å². The molecule has 2 rings (SSSR count). The van der Waals surface area contributed by atoms with Crippen molar-refractivity contribution < 1.29 is 0 Å². The van der Waals surface area contributed by atoms with Gasteiger partial charge in [0.1, 0.15) is 0 Å². The van der Waals surface area contributed by atoms with Gasteiger partial charge >= 0.3 is 0 Å². The molecule has 0 aliphatic rings. The molecular weight excluding hydrogens is 311 g/mol. The summed E-state index contributed by atoms with van der Waals surface area (Å²) in [5.74, 6) is 0. The predicted molar refractivity (Wildman–Crippen MR) is 92.2 cm³/mol. The summed E-state index contributed by atoms with van der Waals surface area (Å²) in [6.45, 7) is 4.11. The number of halogens is 2. The first-order valence-corrected chi connectivity index (χ1v) is 7.23. The maximum Gasteiger partial charge on any atom is 0.175 e. The maximum absolute atomic E-state index is 6.11. The minimum atomic E-state index is 0.458. The van der Waals surface area contributed by atoms with Crippen LogP contribution >= 0.6 is 35.4 Å². The number of hydrogen-bond acceptors (Lipinski definition) is 1. The van der Waals surface area contributed by atoms with E-state index in [0.29, 0.717) is 20.8 Å². The third kappa shape index (κ3) is 3.42. The van der Waals surface area contributed by atoms with Crippen LogP contribution in [-0.2, 0) is 0 Å². The highest BCUT2D eigenvalue weighted by atomic mass is 35.5. The molecule has 0 aliphatic heterocycles. The van der Waals surface area contributed by atoms with Gasteiger partial charge in [0.05, 0.1) is 15.7 Å². The van der Waals surface area contributed by atoms with Gasteiger partial charge in [-0.3, -0.25) is 0 Å². The van der Waals surface area contributed by atoms with E-state index < -0.39 is 0 Å². The second-order valence-corrected chi connectivity index (χ2v) is 5.62. The second kappa shape index (κ2) is 6.44. The molecule has 0 saturated heterocycles. The molecule has 20 heavy (non-hydrogen) atoms. The molecule has 5 heteroatoms. The molecule has 0 unspecified atom stereocenters. The summed E-state index contributed by atoms with van der Waals surface area (Å²) >= 11 is 17.4. The Balaban J connectivity index is 2.13. The van der Waals surface area contributed by atoms with E-state index in [1.165, 1.54) is 5.56 Å². The highest BCUT2D eigenvalue weighted by molar-refractivity contribution is 7.80. The lowest BCUT2D eigenvalue weighted by atomic mass is 10.1. The lowest BCUT2D eigenvalue weighted by Gasteiger charge is -2.14. The topological polar surface area (TPSA) is 24.1 Å². The molecule has 104 valence electrons. The highest BCUT2D eigenvalue weighted by Gasteiger charge is 2.07. The number of nitrogens with one attached hydrogen (secondary N) is 2. The summed E-state index contributed by atoms with van der Waals surface area (Å²) in [6.07, 6.45) is 0. The molecule has 0 atom stereocenters. The van der Waals surface area contributed by atoms with Crippen LogP contribution in [0, 0.1) is 13.8 Å². The fourth-order valence-electron chi connectivity index (χ4n) is 1.76. The Morgan fingerprint density at radius 3 is 2.30 bits per heavy atom. The first-order valence-electron chi connectivity index (χ1n) is 6.07. The Kier molecular flexibility index (Phi) is 4.86. The van der Waals surface area contributed by atoms with Gasteiger partial charge in [-0.25, -0.2) is 0 Å². The van der Waals surface area contributed by atoms with Crippen molar-refractivity contribution in [2.45, 2.75) is 13.8 Å². The zero-order valence-electron chi connectivity index (χ0n) is 11.1. The van der Waals surface area contributed by atoms with Crippen LogP contribution in [0.1, 0.15) is 11.1 Å². The van der Waals surface area contributed by atoms with E-state index in [9.17, 15) is 0 Å². The number of anilines is 2. The van der Waals surface area contributed by atoms with Crippen molar-refractivity contribution >= 4 is 51.9 Å². The molecule has 0 amide bonds. The van der Waals surface area contributed by atoms with Gasteiger partial charge in [0.25, 0.3) is 0 Å². The quantitative estimate of drug-likeness (QED) is 0.721. The minimum absolute atomic E-state index is 0.458. The van der Waals surface area contributed by atoms with Gasteiger partial charge in [0, 0.05) is 5.69 Å². The van der Waals surface area contributed by atoms with Crippen molar-refractivity contribution in [3.05, 3.63) is 57.6 Å². The van der Waals surface area contributed by atoms with Crippen molar-refractivity contribution in [3.63, 3.8) is 0 Å². The Morgan fingerprint density at radius 2 is 1.55 bits per heavy atom. The molecule has 0 heterocycles. The SMILES string of the molecule is Cc1cccc(NC(=S)Nc2cccc(Cl)c2Cl)c1C. The summed E-state index contributed by atoms with van der Waals surface area (Å²) in [5.41, 5.74) is 4.02. The fourth-order valence-corrected chi connectivity index (χ4v) is 2.33. The van der Waals surface area contributed by atoms with Crippen molar-refractivity contribution in [2.75, 3.05) is 10.6 Å². The van der Waals surface area contributed by atoms with E-state index in [1.54, 1.807) is 6.07 Å². The highest BCUT2D eigenvalue weighted by Crippen LogP contribution is 2.29. The number of rotatable bonds is 2. The summed E-state index contributed by atoms with van der Waals surface area (Å²) in [6, 6.07) is 11.4. The van der Waals surface area contributed by atoms with Crippen LogP contribution in [0.5, 0.6) is 0 Å². The fraction of sp³-hybridized carbons (Fsp3) is 0.133. The summed E-state index contributed by atoms with van der Waals surface area (Å²) in [5, 5.41) is 7.64. The number of aryl methyl sites for hydroxylation is 1. The molecular formula is C15H14Cl2N2S. The molecule has 0 aromatic heterocycles. The lowest BCUT2D eigenvalue weighted by Crippen LogP contribution is -2.20. The Bertz CT molecular complexity index is 601. The molecule has 0 saturated carbocycles. The molecule has 0 spiro atoms. The van der Waals surface area contributed by atoms with Crippen LogP contribution in [-0.4, -0.2) is 5.11 Å². The van der Waals surface area contributed by atoms with E-state index in [0.717, 1.165) is 11.3 Å². The summed E-state index contributed by atoms with van der Waals surface area (Å²) < 4.78 is 0. The Labute approximate surface area is 134 Å². The van der Waals surface area contributed by atoms with Gasteiger partial charge < -0.3 is 10.6 Å². The van der Waals surface area contributed by atoms with Crippen LogP contribution in [0.25, 0.3) is 0 Å².